The van der Waals surface area contributed by atoms with Crippen LogP contribution in [-0.2, 0) is 12.0 Å². The lowest BCUT2D eigenvalue weighted by Crippen LogP contribution is -2.39. The number of hydrogen-bond acceptors (Lipinski definition) is 4. The lowest BCUT2D eigenvalue weighted by Gasteiger charge is -2.33. The van der Waals surface area contributed by atoms with Crippen molar-refractivity contribution in [2.45, 2.75) is 45.1 Å². The fourth-order valence-corrected chi connectivity index (χ4v) is 7.04. The van der Waals surface area contributed by atoms with Gasteiger partial charge in [-0.05, 0) is 88.2 Å². The van der Waals surface area contributed by atoms with E-state index in [4.69, 9.17) is 28.2 Å². The number of amides is 1. The number of imidazole rings is 1. The second kappa shape index (κ2) is 13.4. The van der Waals surface area contributed by atoms with Gasteiger partial charge >= 0.3 is 0 Å². The zero-order valence-electron chi connectivity index (χ0n) is 25.7. The summed E-state index contributed by atoms with van der Waals surface area (Å²) < 4.78 is 2.36. The normalized spacial score (nSPS) is 19.4. The Morgan fingerprint density at radius 3 is 2.50 bits per heavy atom. The van der Waals surface area contributed by atoms with Crippen molar-refractivity contribution in [1.82, 2.24) is 19.4 Å². The Labute approximate surface area is 270 Å². The molecule has 3 heterocycles. The van der Waals surface area contributed by atoms with Gasteiger partial charge in [-0.1, -0.05) is 71.2 Å². The quantitative estimate of drug-likeness (QED) is 0.187. The van der Waals surface area contributed by atoms with Gasteiger partial charge in [-0.25, -0.2) is 4.98 Å². The third-order valence-corrected chi connectivity index (χ3v) is 10.0. The molecule has 2 aliphatic rings. The molecule has 0 radical (unpaired) electrons. The van der Waals surface area contributed by atoms with Gasteiger partial charge in [0.25, 0.3) is 5.91 Å². The molecule has 1 amide bonds. The second-order valence-electron chi connectivity index (χ2n) is 12.5. The van der Waals surface area contributed by atoms with Crippen molar-refractivity contribution in [3.63, 3.8) is 0 Å². The molecule has 1 aromatic heterocycles. The first kappa shape index (κ1) is 30.7. The number of nitrogens with zero attached hydrogens (tertiary/aromatic N) is 5. The summed E-state index contributed by atoms with van der Waals surface area (Å²) in [5.41, 5.74) is 5.26. The topological polar surface area (TPSA) is 44.6 Å². The van der Waals surface area contributed by atoms with Crippen LogP contribution in [0.15, 0.2) is 84.4 Å². The van der Waals surface area contributed by atoms with E-state index in [0.29, 0.717) is 16.6 Å². The maximum atomic E-state index is 13.4. The summed E-state index contributed by atoms with van der Waals surface area (Å²) in [6.07, 6.45) is 5.20. The van der Waals surface area contributed by atoms with Gasteiger partial charge in [0, 0.05) is 50.2 Å². The highest BCUT2D eigenvalue weighted by Crippen LogP contribution is 2.41. The minimum Gasteiger partial charge on any atom is -0.341 e. The number of anilines is 1. The maximum absolute atomic E-state index is 13.4. The molecule has 3 aromatic carbocycles. The van der Waals surface area contributed by atoms with E-state index in [0.717, 1.165) is 82.1 Å². The monoisotopic (exact) mass is 629 g/mol. The first-order valence-corrected chi connectivity index (χ1v) is 16.4. The van der Waals surface area contributed by atoms with Gasteiger partial charge in [0.2, 0.25) is 5.95 Å². The van der Waals surface area contributed by atoms with Crippen LogP contribution in [0, 0.1) is 0 Å². The molecule has 6 rings (SSSR count). The van der Waals surface area contributed by atoms with Gasteiger partial charge in [-0.3, -0.25) is 4.79 Å². The SMILES string of the molecule is CC(C)=CCn1c(N2CCCN(CCC3(c4ccc(Cl)c(Cl)c4)CCN(C(=O)c4ccccc4)C3)CC2)nc2ccccc21. The Balaban J connectivity index is 1.18. The fourth-order valence-electron chi connectivity index (χ4n) is 6.74. The molecule has 8 heteroatoms. The number of carbonyl (C=O) groups is 1. The lowest BCUT2D eigenvalue weighted by atomic mass is 9.76. The Hall–Kier alpha value is -3.32. The molecule has 6 nitrogen and oxygen atoms in total. The third-order valence-electron chi connectivity index (χ3n) is 9.29. The molecule has 2 aliphatic heterocycles. The molecule has 2 saturated heterocycles. The Bertz CT molecular complexity index is 1650. The van der Waals surface area contributed by atoms with Crippen molar-refractivity contribution >= 4 is 46.1 Å². The average Bonchev–Trinajstić information content (AvgIpc) is 3.55. The second-order valence-corrected chi connectivity index (χ2v) is 13.3. The number of para-hydroxylation sites is 2. The highest BCUT2D eigenvalue weighted by Gasteiger charge is 2.42. The zero-order valence-corrected chi connectivity index (χ0v) is 27.2. The summed E-state index contributed by atoms with van der Waals surface area (Å²) in [7, 11) is 0. The van der Waals surface area contributed by atoms with E-state index in [1.807, 2.05) is 47.4 Å². The molecular weight excluding hydrogens is 589 g/mol. The van der Waals surface area contributed by atoms with Crippen molar-refractivity contribution in [2.75, 3.05) is 50.7 Å². The van der Waals surface area contributed by atoms with Gasteiger partial charge in [-0.2, -0.15) is 0 Å². The van der Waals surface area contributed by atoms with Crippen LogP contribution >= 0.6 is 23.2 Å². The van der Waals surface area contributed by atoms with E-state index in [1.54, 1.807) is 0 Å². The highest BCUT2D eigenvalue weighted by molar-refractivity contribution is 6.42. The highest BCUT2D eigenvalue weighted by atomic mass is 35.5. The summed E-state index contributed by atoms with van der Waals surface area (Å²) >= 11 is 12.9. The predicted molar refractivity (Wildman–Crippen MR) is 182 cm³/mol. The number of aromatic nitrogens is 2. The molecule has 0 saturated carbocycles. The van der Waals surface area contributed by atoms with E-state index in [2.05, 4.69) is 64.6 Å². The minimum atomic E-state index is -0.178. The fraction of sp³-hybridized carbons (Fsp3) is 0.389. The number of rotatable bonds is 8. The Morgan fingerprint density at radius 2 is 1.70 bits per heavy atom. The largest absolute Gasteiger partial charge is 0.341 e. The van der Waals surface area contributed by atoms with E-state index in [9.17, 15) is 4.79 Å². The van der Waals surface area contributed by atoms with Crippen molar-refractivity contribution in [3.05, 3.63) is 106 Å². The number of hydrogen-bond donors (Lipinski definition) is 0. The summed E-state index contributed by atoms with van der Waals surface area (Å²) in [6, 6.07) is 24.1. The van der Waals surface area contributed by atoms with Crippen LogP contribution in [0.4, 0.5) is 5.95 Å². The number of allylic oxidation sites excluding steroid dienone is 2. The standard InChI is InChI=1S/C36H41Cl2N5O/c1-27(2)15-20-43-33-12-7-6-11-32(33)39-35(43)41-19-8-18-40(23-24-41)21-16-36(29-13-14-30(37)31(38)25-29)17-22-42(26-36)34(44)28-9-4-3-5-10-28/h3-7,9-15,25H,8,16-24,26H2,1-2H3. The third kappa shape index (κ3) is 6.53. The number of benzene rings is 3. The van der Waals surface area contributed by atoms with Crippen molar-refractivity contribution in [1.29, 1.82) is 0 Å². The summed E-state index contributed by atoms with van der Waals surface area (Å²) in [6.45, 7) is 11.4. The van der Waals surface area contributed by atoms with Crippen LogP contribution in [0.5, 0.6) is 0 Å². The number of carbonyl (C=O) groups excluding carboxylic acids is 1. The van der Waals surface area contributed by atoms with Gasteiger partial charge < -0.3 is 19.3 Å². The van der Waals surface area contributed by atoms with Gasteiger partial charge in [-0.15, -0.1) is 0 Å². The van der Waals surface area contributed by atoms with E-state index in [-0.39, 0.29) is 11.3 Å². The van der Waals surface area contributed by atoms with Crippen LogP contribution in [0.3, 0.4) is 0 Å². The van der Waals surface area contributed by atoms with Crippen LogP contribution in [-0.4, -0.2) is 71.1 Å². The molecule has 0 aliphatic carbocycles. The molecule has 4 aromatic rings. The van der Waals surface area contributed by atoms with Crippen LogP contribution in [0.1, 0.15) is 49.0 Å². The maximum Gasteiger partial charge on any atom is 0.253 e. The molecule has 0 N–H and O–H groups in total. The molecule has 44 heavy (non-hydrogen) atoms. The van der Waals surface area contributed by atoms with Crippen LogP contribution < -0.4 is 4.90 Å². The molecular formula is C36H41Cl2N5O. The number of likely N-dealkylation sites (tertiary alicyclic amines) is 1. The van der Waals surface area contributed by atoms with Crippen LogP contribution in [0.25, 0.3) is 11.0 Å². The zero-order chi connectivity index (χ0) is 30.7. The predicted octanol–water partition coefficient (Wildman–Crippen LogP) is 7.70. The molecule has 1 unspecified atom stereocenters. The summed E-state index contributed by atoms with van der Waals surface area (Å²) in [5.74, 6) is 1.15. The van der Waals surface area contributed by atoms with Crippen LogP contribution in [0.2, 0.25) is 10.0 Å². The van der Waals surface area contributed by atoms with Gasteiger partial charge in [0.1, 0.15) is 0 Å². The van der Waals surface area contributed by atoms with E-state index >= 15 is 0 Å². The average molecular weight is 631 g/mol. The van der Waals surface area contributed by atoms with E-state index in [1.165, 1.54) is 16.7 Å². The number of fused-ring (bicyclic) bond motifs is 1. The molecule has 2 fully saturated rings. The lowest BCUT2D eigenvalue weighted by molar-refractivity contribution is 0.0781. The summed E-state index contributed by atoms with van der Waals surface area (Å²) in [5, 5.41) is 1.13. The molecule has 0 spiro atoms. The first-order chi connectivity index (χ1) is 21.3. The van der Waals surface area contributed by atoms with Gasteiger partial charge in [0.05, 0.1) is 21.1 Å². The smallest absolute Gasteiger partial charge is 0.253 e. The van der Waals surface area contributed by atoms with Crippen molar-refractivity contribution in [3.8, 4) is 0 Å². The Kier molecular flexibility index (Phi) is 9.31. The molecule has 230 valence electrons. The Morgan fingerprint density at radius 1 is 0.909 bits per heavy atom. The minimum absolute atomic E-state index is 0.0916. The molecule has 1 atom stereocenters. The first-order valence-electron chi connectivity index (χ1n) is 15.7. The number of halogens is 2. The van der Waals surface area contributed by atoms with Gasteiger partial charge in [0.15, 0.2) is 0 Å². The van der Waals surface area contributed by atoms with E-state index < -0.39 is 0 Å². The van der Waals surface area contributed by atoms with Crippen molar-refractivity contribution in [2.24, 2.45) is 0 Å². The van der Waals surface area contributed by atoms with Crippen molar-refractivity contribution < 1.29 is 4.79 Å². The summed E-state index contributed by atoms with van der Waals surface area (Å²) in [4.78, 5) is 25.6. The molecule has 0 bridgehead atoms.